The molecule has 0 aromatic heterocycles. The van der Waals surface area contributed by atoms with Gasteiger partial charge in [-0.3, -0.25) is 4.55 Å². The van der Waals surface area contributed by atoms with Crippen molar-refractivity contribution in [2.24, 2.45) is 4.40 Å². The van der Waals surface area contributed by atoms with Crippen LogP contribution in [0.15, 0.2) is 4.40 Å². The molecule has 0 rings (SSSR count). The highest BCUT2D eigenvalue weighted by atomic mass is 32.2. The molecule has 0 spiro atoms. The van der Waals surface area contributed by atoms with E-state index in [0.29, 0.717) is 0 Å². The van der Waals surface area contributed by atoms with E-state index in [2.05, 4.69) is 4.40 Å². The van der Waals surface area contributed by atoms with Gasteiger partial charge >= 0.3 is 0 Å². The molecule has 0 aliphatic carbocycles. The maximum atomic E-state index is 9.51. The van der Waals surface area contributed by atoms with E-state index in [0.717, 1.165) is 0 Å². The molecule has 6 heavy (non-hydrogen) atoms. The predicted molar refractivity (Wildman–Crippen MR) is 24.9 cm³/mol. The van der Waals surface area contributed by atoms with Gasteiger partial charge in [-0.2, -0.15) is 4.40 Å². The average Bonchev–Trinajstić information content (AvgIpc) is 1.35. The lowest BCUT2D eigenvalue weighted by Gasteiger charge is -1.70. The van der Waals surface area contributed by atoms with E-state index in [9.17, 15) is 4.21 Å². The maximum absolute atomic E-state index is 9.51. The molecule has 0 fully saturated rings. The molecule has 0 aromatic carbocycles. The van der Waals surface area contributed by atoms with Crippen molar-refractivity contribution < 1.29 is 8.76 Å². The summed E-state index contributed by atoms with van der Waals surface area (Å²) in [7, 11) is 0. The van der Waals surface area contributed by atoms with Crippen LogP contribution >= 0.6 is 0 Å². The quantitative estimate of drug-likeness (QED) is 0.384. The summed E-state index contributed by atoms with van der Waals surface area (Å²) < 4.78 is 20.4. The van der Waals surface area contributed by atoms with Gasteiger partial charge in [0.15, 0.2) is 0 Å². The summed E-state index contributed by atoms with van der Waals surface area (Å²) in [5.41, 5.74) is 0. The van der Waals surface area contributed by atoms with Crippen molar-refractivity contribution in [1.82, 2.24) is 0 Å². The Hall–Kier alpha value is -0.220. The molecule has 0 saturated heterocycles. The van der Waals surface area contributed by atoms with Crippen molar-refractivity contribution >= 4 is 17.5 Å². The van der Waals surface area contributed by atoms with Crippen LogP contribution in [0.3, 0.4) is 0 Å². The van der Waals surface area contributed by atoms with Crippen LogP contribution in [-0.4, -0.2) is 15.0 Å². The molecule has 36 valence electrons. The van der Waals surface area contributed by atoms with Gasteiger partial charge in [-0.25, -0.2) is 4.21 Å². The number of nitrogens with zero attached hydrogens (tertiary/aromatic N) is 1. The molecule has 1 atom stereocenters. The van der Waals surface area contributed by atoms with Crippen molar-refractivity contribution in [2.75, 3.05) is 0 Å². The van der Waals surface area contributed by atoms with Gasteiger partial charge in [-0.15, -0.1) is 0 Å². The summed E-state index contributed by atoms with van der Waals surface area (Å²) in [5.74, 6) is 0. The second-order valence-electron chi connectivity index (χ2n) is 0.594. The second kappa shape index (κ2) is 2.99. The smallest absolute Gasteiger partial charge is 0.281 e. The van der Waals surface area contributed by atoms with E-state index in [-0.39, 0.29) is 0 Å². The Morgan fingerprint density at radius 2 is 2.50 bits per heavy atom. The van der Waals surface area contributed by atoms with E-state index < -0.39 is 11.3 Å². The molecule has 1 unspecified atom stereocenters. The molecule has 4 heteroatoms. The van der Waals surface area contributed by atoms with Crippen LogP contribution < -0.4 is 0 Å². The van der Waals surface area contributed by atoms with Crippen LogP contribution in [0.2, 0.25) is 0 Å². The highest BCUT2D eigenvalue weighted by Gasteiger charge is 1.73. The van der Waals surface area contributed by atoms with Gasteiger partial charge in [0.25, 0.3) is 11.3 Å². The first-order valence-electron chi connectivity index (χ1n) is 1.37. The average molecular weight is 107 g/mol. The Morgan fingerprint density at radius 1 is 2.00 bits per heavy atom. The summed E-state index contributed by atoms with van der Waals surface area (Å²) >= 11 is -2.00. The molecule has 1 N–H and O–H groups in total. The monoisotopic (exact) mass is 107 g/mol. The minimum atomic E-state index is -2.00. The van der Waals surface area contributed by atoms with Gasteiger partial charge in [0, 0.05) is 6.21 Å². The molecular weight excluding hydrogens is 102 g/mol. The zero-order chi connectivity index (χ0) is 4.99. The summed E-state index contributed by atoms with van der Waals surface area (Å²) in [5, 5.41) is 0. The Morgan fingerprint density at radius 3 is 2.50 bits per heavy atom. The van der Waals surface area contributed by atoms with Crippen molar-refractivity contribution in [3.63, 3.8) is 0 Å². The first-order chi connectivity index (χ1) is 2.77. The Bertz CT molecular complexity index is 79.6. The van der Waals surface area contributed by atoms with Crippen molar-refractivity contribution in [3.8, 4) is 0 Å². The summed E-state index contributed by atoms with van der Waals surface area (Å²) in [6.45, 7) is 1.58. The molecule has 0 saturated carbocycles. The lowest BCUT2D eigenvalue weighted by atomic mass is 10.9. The second-order valence-corrected chi connectivity index (χ2v) is 1.27. The summed E-state index contributed by atoms with van der Waals surface area (Å²) in [6.07, 6.45) is 1.27. The maximum Gasteiger partial charge on any atom is 0.281 e. The summed E-state index contributed by atoms with van der Waals surface area (Å²) in [4.78, 5) is 0. The van der Waals surface area contributed by atoms with Gasteiger partial charge in [0.1, 0.15) is 0 Å². The van der Waals surface area contributed by atoms with Crippen molar-refractivity contribution in [2.45, 2.75) is 6.92 Å². The fraction of sp³-hybridized carbons (Fsp3) is 0.500. The molecule has 0 aliphatic rings. The molecular formula is C2H5NO2S. The molecule has 0 radical (unpaired) electrons. The van der Waals surface area contributed by atoms with E-state index in [1.807, 2.05) is 0 Å². The molecule has 0 aliphatic heterocycles. The van der Waals surface area contributed by atoms with Gasteiger partial charge < -0.3 is 0 Å². The SMILES string of the molecule is CC=NS(=O)O. The molecule has 0 bridgehead atoms. The minimum Gasteiger partial charge on any atom is -0.288 e. The third-order valence-corrected chi connectivity index (χ3v) is 0.587. The highest BCUT2D eigenvalue weighted by Crippen LogP contribution is 1.67. The zero-order valence-electron chi connectivity index (χ0n) is 3.29. The minimum absolute atomic E-state index is 1.27. The lowest BCUT2D eigenvalue weighted by molar-refractivity contribution is 0.566. The molecule has 0 heterocycles. The molecule has 0 amide bonds. The predicted octanol–water partition coefficient (Wildman–Crippen LogP) is 0.214. The van der Waals surface area contributed by atoms with Gasteiger partial charge in [0.05, 0.1) is 0 Å². The largest absolute Gasteiger partial charge is 0.288 e. The molecule has 3 nitrogen and oxygen atoms in total. The third-order valence-electron chi connectivity index (χ3n) is 0.196. The van der Waals surface area contributed by atoms with Gasteiger partial charge in [-0.05, 0) is 6.92 Å². The van der Waals surface area contributed by atoms with Crippen LogP contribution in [0.5, 0.6) is 0 Å². The topological polar surface area (TPSA) is 49.7 Å². The van der Waals surface area contributed by atoms with E-state index in [4.69, 9.17) is 4.55 Å². The van der Waals surface area contributed by atoms with Crippen LogP contribution in [0, 0.1) is 0 Å². The standard InChI is InChI=1S/C2H5NO2S/c1-2-3-6(4)5/h2H,1H3,(H,4,5). The van der Waals surface area contributed by atoms with Crippen LogP contribution in [0.4, 0.5) is 0 Å². The first-order valence-corrected chi connectivity index (χ1v) is 2.43. The Kier molecular flexibility index (Phi) is 2.88. The van der Waals surface area contributed by atoms with E-state index in [1.165, 1.54) is 6.21 Å². The van der Waals surface area contributed by atoms with Crippen molar-refractivity contribution in [3.05, 3.63) is 0 Å². The summed E-state index contributed by atoms with van der Waals surface area (Å²) in [6, 6.07) is 0. The molecule has 0 aromatic rings. The fourth-order valence-corrected chi connectivity index (χ4v) is 0.271. The van der Waals surface area contributed by atoms with Crippen LogP contribution in [0.1, 0.15) is 6.92 Å². The zero-order valence-corrected chi connectivity index (χ0v) is 4.10. The number of rotatable bonds is 1. The van der Waals surface area contributed by atoms with E-state index >= 15 is 0 Å². The van der Waals surface area contributed by atoms with Gasteiger partial charge in [-0.1, -0.05) is 0 Å². The first kappa shape index (κ1) is 5.78. The van der Waals surface area contributed by atoms with Crippen molar-refractivity contribution in [1.29, 1.82) is 0 Å². The fourth-order valence-electron chi connectivity index (χ4n) is 0.0902. The Balaban J connectivity index is 3.30. The van der Waals surface area contributed by atoms with Crippen LogP contribution in [-0.2, 0) is 11.3 Å². The number of hydrogen-bond donors (Lipinski definition) is 1. The number of hydrogen-bond acceptors (Lipinski definition) is 1. The lowest BCUT2D eigenvalue weighted by Crippen LogP contribution is -1.75. The Labute approximate surface area is 38.5 Å². The normalized spacial score (nSPS) is 15.7. The highest BCUT2D eigenvalue weighted by molar-refractivity contribution is 7.77. The van der Waals surface area contributed by atoms with Gasteiger partial charge in [0.2, 0.25) is 0 Å². The van der Waals surface area contributed by atoms with E-state index in [1.54, 1.807) is 6.92 Å². The third kappa shape index (κ3) is 3.78. The van der Waals surface area contributed by atoms with Crippen LogP contribution in [0.25, 0.3) is 0 Å².